The summed E-state index contributed by atoms with van der Waals surface area (Å²) in [5, 5.41) is 0. The molecule has 0 bridgehead atoms. The SMILES string of the molecule is COC(=O)C1CCC(c2ccccc2)N(Cc2ccccc2)C1. The summed E-state index contributed by atoms with van der Waals surface area (Å²) in [7, 11) is 1.48. The third kappa shape index (κ3) is 3.80. The van der Waals surface area contributed by atoms with E-state index in [4.69, 9.17) is 4.74 Å². The van der Waals surface area contributed by atoms with E-state index in [1.165, 1.54) is 18.2 Å². The van der Waals surface area contributed by atoms with Gasteiger partial charge < -0.3 is 4.74 Å². The predicted molar refractivity (Wildman–Crippen MR) is 90.8 cm³/mol. The van der Waals surface area contributed by atoms with Crippen molar-refractivity contribution in [3.05, 3.63) is 71.8 Å². The van der Waals surface area contributed by atoms with Crippen molar-refractivity contribution in [3.8, 4) is 0 Å². The van der Waals surface area contributed by atoms with E-state index in [-0.39, 0.29) is 11.9 Å². The minimum absolute atomic E-state index is 0.0244. The first-order valence-electron chi connectivity index (χ1n) is 8.18. The van der Waals surface area contributed by atoms with Gasteiger partial charge in [0, 0.05) is 19.1 Å². The fourth-order valence-corrected chi connectivity index (χ4v) is 3.45. The van der Waals surface area contributed by atoms with Crippen molar-refractivity contribution in [3.63, 3.8) is 0 Å². The first-order valence-corrected chi connectivity index (χ1v) is 8.18. The van der Waals surface area contributed by atoms with Crippen LogP contribution in [0.4, 0.5) is 0 Å². The third-order valence-electron chi connectivity index (χ3n) is 4.63. The maximum atomic E-state index is 12.0. The van der Waals surface area contributed by atoms with Crippen molar-refractivity contribution >= 4 is 5.97 Å². The van der Waals surface area contributed by atoms with Gasteiger partial charge >= 0.3 is 5.97 Å². The summed E-state index contributed by atoms with van der Waals surface area (Å²) in [6.07, 6.45) is 1.87. The van der Waals surface area contributed by atoms with Crippen LogP contribution in [-0.4, -0.2) is 24.5 Å². The molecule has 3 heteroatoms. The number of methoxy groups -OCH3 is 1. The van der Waals surface area contributed by atoms with Gasteiger partial charge in [-0.2, -0.15) is 0 Å². The van der Waals surface area contributed by atoms with Crippen molar-refractivity contribution in [1.82, 2.24) is 4.90 Å². The molecule has 23 heavy (non-hydrogen) atoms. The van der Waals surface area contributed by atoms with Crippen molar-refractivity contribution in [2.45, 2.75) is 25.4 Å². The molecule has 1 fully saturated rings. The van der Waals surface area contributed by atoms with Crippen LogP contribution in [-0.2, 0) is 16.1 Å². The molecule has 0 N–H and O–H groups in total. The zero-order valence-electron chi connectivity index (χ0n) is 13.5. The largest absolute Gasteiger partial charge is 0.469 e. The molecule has 2 aromatic rings. The van der Waals surface area contributed by atoms with Crippen molar-refractivity contribution in [2.75, 3.05) is 13.7 Å². The molecule has 0 aliphatic carbocycles. The van der Waals surface area contributed by atoms with E-state index in [9.17, 15) is 4.79 Å². The molecule has 3 rings (SSSR count). The minimum Gasteiger partial charge on any atom is -0.469 e. The van der Waals surface area contributed by atoms with E-state index in [2.05, 4.69) is 53.4 Å². The first-order chi connectivity index (χ1) is 11.3. The summed E-state index contributed by atoms with van der Waals surface area (Å²) >= 11 is 0. The van der Waals surface area contributed by atoms with Crippen LogP contribution in [0.3, 0.4) is 0 Å². The Morgan fingerprint density at radius 2 is 1.70 bits per heavy atom. The lowest BCUT2D eigenvalue weighted by molar-refractivity contribution is -0.148. The summed E-state index contributed by atoms with van der Waals surface area (Å²) in [5.41, 5.74) is 2.60. The second-order valence-corrected chi connectivity index (χ2v) is 6.14. The fraction of sp³-hybridized carbons (Fsp3) is 0.350. The molecule has 1 heterocycles. The topological polar surface area (TPSA) is 29.5 Å². The maximum Gasteiger partial charge on any atom is 0.309 e. The Labute approximate surface area is 137 Å². The molecule has 0 spiro atoms. The van der Waals surface area contributed by atoms with Gasteiger partial charge in [0.05, 0.1) is 13.0 Å². The van der Waals surface area contributed by atoms with Gasteiger partial charge in [0.15, 0.2) is 0 Å². The number of rotatable bonds is 4. The van der Waals surface area contributed by atoms with Crippen LogP contribution < -0.4 is 0 Å². The van der Waals surface area contributed by atoms with Gasteiger partial charge in [0.1, 0.15) is 0 Å². The monoisotopic (exact) mass is 309 g/mol. The normalized spacial score (nSPS) is 21.8. The average molecular weight is 309 g/mol. The molecule has 2 aromatic carbocycles. The lowest BCUT2D eigenvalue weighted by atomic mass is 9.88. The van der Waals surface area contributed by atoms with Crippen molar-refractivity contribution < 1.29 is 9.53 Å². The molecule has 3 nitrogen and oxygen atoms in total. The highest BCUT2D eigenvalue weighted by Gasteiger charge is 2.33. The molecule has 2 atom stereocenters. The fourth-order valence-electron chi connectivity index (χ4n) is 3.45. The van der Waals surface area contributed by atoms with Gasteiger partial charge in [-0.1, -0.05) is 60.7 Å². The van der Waals surface area contributed by atoms with Crippen molar-refractivity contribution in [2.24, 2.45) is 5.92 Å². The lowest BCUT2D eigenvalue weighted by Crippen LogP contribution is -2.40. The second-order valence-electron chi connectivity index (χ2n) is 6.14. The number of nitrogens with zero attached hydrogens (tertiary/aromatic N) is 1. The Morgan fingerprint density at radius 1 is 1.04 bits per heavy atom. The molecule has 1 saturated heterocycles. The van der Waals surface area contributed by atoms with Crippen LogP contribution >= 0.6 is 0 Å². The maximum absolute atomic E-state index is 12.0. The number of piperidine rings is 1. The highest BCUT2D eigenvalue weighted by molar-refractivity contribution is 5.72. The Balaban J connectivity index is 1.82. The summed E-state index contributed by atoms with van der Waals surface area (Å²) in [6.45, 7) is 1.61. The van der Waals surface area contributed by atoms with E-state index in [1.54, 1.807) is 0 Å². The molecule has 1 aliphatic heterocycles. The van der Waals surface area contributed by atoms with E-state index in [0.717, 1.165) is 25.9 Å². The first kappa shape index (κ1) is 15.8. The van der Waals surface area contributed by atoms with Gasteiger partial charge in [-0.3, -0.25) is 9.69 Å². The van der Waals surface area contributed by atoms with E-state index >= 15 is 0 Å². The van der Waals surface area contributed by atoms with Crippen LogP contribution in [0.15, 0.2) is 60.7 Å². The van der Waals surface area contributed by atoms with Crippen LogP contribution in [0, 0.1) is 5.92 Å². The van der Waals surface area contributed by atoms with Crippen LogP contribution in [0.25, 0.3) is 0 Å². The van der Waals surface area contributed by atoms with E-state index in [0.29, 0.717) is 6.04 Å². The van der Waals surface area contributed by atoms with Gasteiger partial charge in [-0.15, -0.1) is 0 Å². The minimum atomic E-state index is -0.0884. The Hall–Kier alpha value is -2.13. The molecular weight excluding hydrogens is 286 g/mol. The molecule has 0 amide bonds. The number of likely N-dealkylation sites (tertiary alicyclic amines) is 1. The van der Waals surface area contributed by atoms with Gasteiger partial charge in [-0.05, 0) is 24.0 Å². The predicted octanol–water partition coefficient (Wildman–Crippen LogP) is 3.81. The smallest absolute Gasteiger partial charge is 0.309 e. The molecule has 0 radical (unpaired) electrons. The molecule has 0 saturated carbocycles. The van der Waals surface area contributed by atoms with Crippen LogP contribution in [0.5, 0.6) is 0 Å². The lowest BCUT2D eigenvalue weighted by Gasteiger charge is -2.39. The highest BCUT2D eigenvalue weighted by Crippen LogP contribution is 2.34. The Morgan fingerprint density at radius 3 is 2.35 bits per heavy atom. The summed E-state index contributed by atoms with van der Waals surface area (Å²) < 4.78 is 4.96. The summed E-state index contributed by atoms with van der Waals surface area (Å²) in [5.74, 6) is -0.113. The number of hydrogen-bond donors (Lipinski definition) is 0. The summed E-state index contributed by atoms with van der Waals surface area (Å²) in [4.78, 5) is 14.4. The number of esters is 1. The molecule has 2 unspecified atom stereocenters. The standard InChI is InChI=1S/C20H23NO2/c1-23-20(22)18-12-13-19(17-10-6-3-7-11-17)21(15-18)14-16-8-4-2-5-9-16/h2-11,18-19H,12-15H2,1H3. The zero-order chi connectivity index (χ0) is 16.1. The summed E-state index contributed by atoms with van der Waals surface area (Å²) in [6, 6.07) is 21.4. The zero-order valence-corrected chi connectivity index (χ0v) is 13.5. The average Bonchev–Trinajstić information content (AvgIpc) is 2.62. The Kier molecular flexibility index (Phi) is 5.09. The van der Waals surface area contributed by atoms with E-state index < -0.39 is 0 Å². The third-order valence-corrected chi connectivity index (χ3v) is 4.63. The molecule has 0 aromatic heterocycles. The molecular formula is C20H23NO2. The highest BCUT2D eigenvalue weighted by atomic mass is 16.5. The number of carbonyl (C=O) groups is 1. The number of hydrogen-bond acceptors (Lipinski definition) is 3. The molecule has 1 aliphatic rings. The number of carbonyl (C=O) groups excluding carboxylic acids is 1. The van der Waals surface area contributed by atoms with Gasteiger partial charge in [-0.25, -0.2) is 0 Å². The molecule has 120 valence electrons. The second kappa shape index (κ2) is 7.42. The van der Waals surface area contributed by atoms with Gasteiger partial charge in [0.2, 0.25) is 0 Å². The number of benzene rings is 2. The van der Waals surface area contributed by atoms with E-state index in [1.807, 2.05) is 12.1 Å². The van der Waals surface area contributed by atoms with Crippen molar-refractivity contribution in [1.29, 1.82) is 0 Å². The number of ether oxygens (including phenoxy) is 1. The Bertz CT molecular complexity index is 627. The van der Waals surface area contributed by atoms with Crippen LogP contribution in [0.2, 0.25) is 0 Å². The van der Waals surface area contributed by atoms with Crippen LogP contribution in [0.1, 0.15) is 30.0 Å². The van der Waals surface area contributed by atoms with Gasteiger partial charge in [0.25, 0.3) is 0 Å². The quantitative estimate of drug-likeness (QED) is 0.804.